The molecule has 0 aromatic carbocycles. The molecular formula is C12H23N3O4S. The van der Waals surface area contributed by atoms with Gasteiger partial charge >= 0.3 is 11.8 Å². The van der Waals surface area contributed by atoms with Gasteiger partial charge in [-0.1, -0.05) is 0 Å². The van der Waals surface area contributed by atoms with Crippen LogP contribution in [0.25, 0.3) is 0 Å². The Morgan fingerprint density at radius 3 is 2.50 bits per heavy atom. The molecule has 2 N–H and O–H groups in total. The van der Waals surface area contributed by atoms with E-state index >= 15 is 0 Å². The van der Waals surface area contributed by atoms with Gasteiger partial charge in [0, 0.05) is 32.4 Å². The summed E-state index contributed by atoms with van der Waals surface area (Å²) in [4.78, 5) is 25.3. The Labute approximate surface area is 120 Å². The molecule has 116 valence electrons. The van der Waals surface area contributed by atoms with Crippen molar-refractivity contribution in [1.29, 1.82) is 0 Å². The fraction of sp³-hybridized carbons (Fsp3) is 0.833. The summed E-state index contributed by atoms with van der Waals surface area (Å²) in [6.07, 6.45) is 1.91. The molecule has 0 bridgehead atoms. The van der Waals surface area contributed by atoms with Gasteiger partial charge in [0.25, 0.3) is 0 Å². The minimum atomic E-state index is -3.30. The molecule has 1 rings (SSSR count). The number of carbonyl (C=O) groups excluding carboxylic acids is 2. The van der Waals surface area contributed by atoms with Gasteiger partial charge in [-0.25, -0.2) is 8.42 Å². The molecule has 20 heavy (non-hydrogen) atoms. The first kappa shape index (κ1) is 16.9. The second kappa shape index (κ2) is 6.53. The first-order valence-corrected chi connectivity index (χ1v) is 8.52. The average molecular weight is 305 g/mol. The summed E-state index contributed by atoms with van der Waals surface area (Å²) < 4.78 is 22.0. The lowest BCUT2D eigenvalue weighted by Crippen LogP contribution is -2.49. The van der Waals surface area contributed by atoms with Crippen LogP contribution in [-0.4, -0.2) is 68.9 Å². The topological polar surface area (TPSA) is 95.6 Å². The van der Waals surface area contributed by atoms with Crippen LogP contribution in [0.1, 0.15) is 20.3 Å². The van der Waals surface area contributed by atoms with Crippen LogP contribution in [-0.2, 0) is 19.4 Å². The Bertz CT molecular complexity index is 465. The van der Waals surface area contributed by atoms with Gasteiger partial charge in [-0.15, -0.1) is 0 Å². The molecule has 1 aliphatic heterocycles. The van der Waals surface area contributed by atoms with E-state index < -0.39 is 26.4 Å². The maximum Gasteiger partial charge on any atom is 0.311 e. The van der Waals surface area contributed by atoms with Crippen LogP contribution >= 0.6 is 0 Å². The van der Waals surface area contributed by atoms with Crippen molar-refractivity contribution in [2.45, 2.75) is 25.0 Å². The Hall–Kier alpha value is -1.15. The van der Waals surface area contributed by atoms with Crippen LogP contribution in [0.4, 0.5) is 0 Å². The van der Waals surface area contributed by atoms with Gasteiger partial charge in [0.1, 0.15) is 0 Å². The molecule has 1 aliphatic rings. The zero-order chi connectivity index (χ0) is 15.4. The van der Waals surface area contributed by atoms with E-state index in [1.807, 2.05) is 0 Å². The lowest BCUT2D eigenvalue weighted by atomic mass is 10.2. The highest BCUT2D eigenvalue weighted by Crippen LogP contribution is 2.13. The van der Waals surface area contributed by atoms with Gasteiger partial charge in [0.15, 0.2) is 9.84 Å². The maximum absolute atomic E-state index is 12.0. The molecule has 1 heterocycles. The third-order valence-corrected chi connectivity index (χ3v) is 5.65. The molecule has 0 aromatic rings. The van der Waals surface area contributed by atoms with Crippen LogP contribution in [0.15, 0.2) is 0 Å². The summed E-state index contributed by atoms with van der Waals surface area (Å²) in [6.45, 7) is 5.46. The lowest BCUT2D eigenvalue weighted by Gasteiger charge is -2.24. The molecule has 0 radical (unpaired) electrons. The second-order valence-corrected chi connectivity index (χ2v) is 8.26. The predicted molar refractivity (Wildman–Crippen MR) is 76.0 cm³/mol. The molecule has 0 atom stereocenters. The Balaban J connectivity index is 2.56. The highest BCUT2D eigenvalue weighted by Gasteiger charge is 2.32. The van der Waals surface area contributed by atoms with Gasteiger partial charge in [0.05, 0.1) is 4.75 Å². The standard InChI is InChI=1S/C12H23N3O4S/c1-12(2,20(3,18)19)9-14-10(16)11(17)15-7-4-5-13-6-8-15/h13H,4-9H2,1-3H3,(H,14,16). The molecule has 8 heteroatoms. The molecule has 1 saturated heterocycles. The normalized spacial score (nSPS) is 17.4. The summed E-state index contributed by atoms with van der Waals surface area (Å²) >= 11 is 0. The van der Waals surface area contributed by atoms with Crippen molar-refractivity contribution in [3.05, 3.63) is 0 Å². The van der Waals surface area contributed by atoms with Crippen molar-refractivity contribution < 1.29 is 18.0 Å². The zero-order valence-electron chi connectivity index (χ0n) is 12.2. The summed E-state index contributed by atoms with van der Waals surface area (Å²) in [7, 11) is -3.30. The van der Waals surface area contributed by atoms with Crippen molar-refractivity contribution in [1.82, 2.24) is 15.5 Å². The molecule has 0 spiro atoms. The van der Waals surface area contributed by atoms with Crippen LogP contribution in [0.5, 0.6) is 0 Å². The summed E-state index contributed by atoms with van der Waals surface area (Å²) in [5.41, 5.74) is 0. The Morgan fingerprint density at radius 1 is 1.25 bits per heavy atom. The quantitative estimate of drug-likeness (QED) is 0.635. The first-order chi connectivity index (χ1) is 9.15. The van der Waals surface area contributed by atoms with Crippen molar-refractivity contribution in [3.63, 3.8) is 0 Å². The minimum absolute atomic E-state index is 0.0809. The fourth-order valence-corrected chi connectivity index (χ4v) is 2.03. The number of hydrogen-bond acceptors (Lipinski definition) is 5. The number of rotatable bonds is 3. The number of sulfone groups is 1. The number of carbonyl (C=O) groups is 2. The van der Waals surface area contributed by atoms with Crippen LogP contribution in [0.2, 0.25) is 0 Å². The van der Waals surface area contributed by atoms with Gasteiger partial charge in [-0.2, -0.15) is 0 Å². The smallest absolute Gasteiger partial charge is 0.311 e. The predicted octanol–water partition coefficient (Wildman–Crippen LogP) is -1.25. The van der Waals surface area contributed by atoms with Gasteiger partial charge < -0.3 is 15.5 Å². The Kier molecular flexibility index (Phi) is 5.52. The number of hydrogen-bond donors (Lipinski definition) is 2. The van der Waals surface area contributed by atoms with Crippen molar-refractivity contribution >= 4 is 21.7 Å². The number of nitrogens with one attached hydrogen (secondary N) is 2. The third kappa shape index (κ3) is 4.45. The van der Waals surface area contributed by atoms with E-state index in [1.165, 1.54) is 18.7 Å². The fourth-order valence-electron chi connectivity index (χ4n) is 1.69. The van der Waals surface area contributed by atoms with Crippen LogP contribution in [0.3, 0.4) is 0 Å². The van der Waals surface area contributed by atoms with E-state index in [9.17, 15) is 18.0 Å². The number of nitrogens with zero attached hydrogens (tertiary/aromatic N) is 1. The zero-order valence-corrected chi connectivity index (χ0v) is 13.0. The molecule has 2 amide bonds. The van der Waals surface area contributed by atoms with Crippen LogP contribution in [0, 0.1) is 0 Å². The summed E-state index contributed by atoms with van der Waals surface area (Å²) in [5.74, 6) is -1.35. The molecule has 0 unspecified atom stereocenters. The largest absolute Gasteiger partial charge is 0.346 e. The average Bonchev–Trinajstić information content (AvgIpc) is 2.62. The highest BCUT2D eigenvalue weighted by atomic mass is 32.2. The minimum Gasteiger partial charge on any atom is -0.346 e. The second-order valence-electron chi connectivity index (χ2n) is 5.61. The third-order valence-electron chi connectivity index (χ3n) is 3.50. The Morgan fingerprint density at radius 2 is 1.90 bits per heavy atom. The molecule has 0 aliphatic carbocycles. The van der Waals surface area contributed by atoms with Crippen LogP contribution < -0.4 is 10.6 Å². The van der Waals surface area contributed by atoms with Gasteiger partial charge in [-0.3, -0.25) is 9.59 Å². The molecule has 1 fully saturated rings. The molecule has 7 nitrogen and oxygen atoms in total. The van der Waals surface area contributed by atoms with E-state index in [1.54, 1.807) is 0 Å². The summed E-state index contributed by atoms with van der Waals surface area (Å²) in [6, 6.07) is 0. The summed E-state index contributed by atoms with van der Waals surface area (Å²) in [5, 5.41) is 5.56. The van der Waals surface area contributed by atoms with E-state index in [-0.39, 0.29) is 6.54 Å². The van der Waals surface area contributed by atoms with Crippen molar-refractivity contribution in [2.24, 2.45) is 0 Å². The molecular weight excluding hydrogens is 282 g/mol. The van der Waals surface area contributed by atoms with Crippen molar-refractivity contribution in [2.75, 3.05) is 39.0 Å². The monoisotopic (exact) mass is 305 g/mol. The van der Waals surface area contributed by atoms with Gasteiger partial charge in [0.2, 0.25) is 0 Å². The van der Waals surface area contributed by atoms with Gasteiger partial charge in [-0.05, 0) is 26.8 Å². The molecule has 0 aromatic heterocycles. The SMILES string of the molecule is CC(C)(CNC(=O)C(=O)N1CCCNCC1)S(C)(=O)=O. The van der Waals surface area contributed by atoms with E-state index in [0.29, 0.717) is 19.6 Å². The maximum atomic E-state index is 12.0. The molecule has 0 saturated carbocycles. The van der Waals surface area contributed by atoms with E-state index in [4.69, 9.17) is 0 Å². The highest BCUT2D eigenvalue weighted by molar-refractivity contribution is 7.92. The lowest BCUT2D eigenvalue weighted by molar-refractivity contribution is -0.145. The van der Waals surface area contributed by atoms with E-state index in [0.717, 1.165) is 19.2 Å². The van der Waals surface area contributed by atoms with Crippen molar-refractivity contribution in [3.8, 4) is 0 Å². The first-order valence-electron chi connectivity index (χ1n) is 6.62. The number of amides is 2. The van der Waals surface area contributed by atoms with E-state index in [2.05, 4.69) is 10.6 Å².